The third kappa shape index (κ3) is 4.41. The Morgan fingerprint density at radius 1 is 1.23 bits per heavy atom. The lowest BCUT2D eigenvalue weighted by Crippen LogP contribution is -2.68. The van der Waals surface area contributed by atoms with Crippen LogP contribution in [0.2, 0.25) is 0 Å². The van der Waals surface area contributed by atoms with Gasteiger partial charge >= 0.3 is 11.1 Å². The average Bonchev–Trinajstić information content (AvgIpc) is 2.79. The number of rotatable bonds is 6. The summed E-state index contributed by atoms with van der Waals surface area (Å²) in [4.78, 5) is 56.2. The minimum absolute atomic E-state index is 0.149. The minimum Gasteiger partial charge on any atom is -0.368 e. The summed E-state index contributed by atoms with van der Waals surface area (Å²) in [5, 5.41) is 2.37. The summed E-state index contributed by atoms with van der Waals surface area (Å²) in [5.41, 5.74) is -0.348. The van der Waals surface area contributed by atoms with Crippen molar-refractivity contribution in [3.63, 3.8) is 0 Å². The number of aryl methyl sites for hydroxylation is 1. The molecule has 4 rings (SSSR count). The fraction of sp³-hybridized carbons (Fsp3) is 0.458. The number of hydrogen-bond acceptors (Lipinski definition) is 8. The first-order valence-corrected chi connectivity index (χ1v) is 12.8. The Balaban J connectivity index is 1.95. The Hall–Kier alpha value is -2.63. The van der Waals surface area contributed by atoms with Gasteiger partial charge in [-0.25, -0.2) is 0 Å². The van der Waals surface area contributed by atoms with Crippen LogP contribution in [0.25, 0.3) is 0 Å². The first-order valence-electron chi connectivity index (χ1n) is 11.1. The molecule has 1 fully saturated rings. The van der Waals surface area contributed by atoms with Crippen LogP contribution in [-0.4, -0.2) is 54.0 Å². The number of amides is 1. The zero-order valence-electron chi connectivity index (χ0n) is 20.4. The van der Waals surface area contributed by atoms with Crippen molar-refractivity contribution in [2.24, 2.45) is 12.5 Å². The van der Waals surface area contributed by atoms with E-state index < -0.39 is 32.1 Å². The molecule has 1 unspecified atom stereocenters. The Morgan fingerprint density at radius 3 is 2.49 bits per heavy atom. The van der Waals surface area contributed by atoms with Crippen LogP contribution in [0.3, 0.4) is 0 Å². The monoisotopic (exact) mass is 516 g/mol. The van der Waals surface area contributed by atoms with E-state index in [9.17, 15) is 19.2 Å². The number of hydrogen-bond donors (Lipinski definition) is 1. The van der Waals surface area contributed by atoms with E-state index in [2.05, 4.69) is 10.1 Å². The van der Waals surface area contributed by atoms with Gasteiger partial charge in [0.05, 0.1) is 9.78 Å². The van der Waals surface area contributed by atoms with Crippen LogP contribution in [0.4, 0.5) is 0 Å². The molecule has 0 saturated carbocycles. The van der Waals surface area contributed by atoms with Crippen LogP contribution >= 0.6 is 23.5 Å². The summed E-state index contributed by atoms with van der Waals surface area (Å²) in [5.74, 6) is -0.394. The highest BCUT2D eigenvalue weighted by Crippen LogP contribution is 2.59. The van der Waals surface area contributed by atoms with E-state index in [-0.39, 0.29) is 11.7 Å². The molecule has 9 nitrogen and oxygen atoms in total. The average molecular weight is 517 g/mol. The normalized spacial score (nSPS) is 24.3. The van der Waals surface area contributed by atoms with Crippen LogP contribution in [0.5, 0.6) is 0 Å². The molecule has 2 aliphatic rings. The number of methoxy groups -OCH3 is 1. The summed E-state index contributed by atoms with van der Waals surface area (Å²) in [6.45, 7) is 7.33. The summed E-state index contributed by atoms with van der Waals surface area (Å²) in [6.07, 6.45) is -0.209. The van der Waals surface area contributed by atoms with Crippen molar-refractivity contribution in [3.05, 3.63) is 67.9 Å². The van der Waals surface area contributed by atoms with Crippen LogP contribution in [0, 0.1) is 5.41 Å². The van der Waals surface area contributed by atoms with Gasteiger partial charge < -0.3 is 4.74 Å². The molecule has 1 amide bonds. The van der Waals surface area contributed by atoms with Gasteiger partial charge in [-0.05, 0) is 18.1 Å². The third-order valence-electron chi connectivity index (χ3n) is 6.11. The molecule has 11 heteroatoms. The molecule has 35 heavy (non-hydrogen) atoms. The number of aromatic nitrogens is 3. The van der Waals surface area contributed by atoms with E-state index in [1.54, 1.807) is 11.9 Å². The lowest BCUT2D eigenvalue weighted by atomic mass is 9.84. The van der Waals surface area contributed by atoms with Crippen molar-refractivity contribution >= 4 is 35.2 Å². The number of carbonyl (C=O) groups is 2. The van der Waals surface area contributed by atoms with E-state index >= 15 is 0 Å². The molecule has 0 spiro atoms. The molecule has 0 radical (unpaired) electrons. The molecule has 0 bridgehead atoms. The SMILES string of the molecule is CO[C@H]1C(=O)N2C(C(=O)C(C)(C)C)=C(C)C(Cc3ccccc3)(Sc3nc(=O)c(=O)[nH]n3C)S[C@H]12. The zero-order chi connectivity index (χ0) is 25.7. The molecular weight excluding hydrogens is 488 g/mol. The first-order chi connectivity index (χ1) is 16.4. The number of benzene rings is 1. The number of fused-ring (bicyclic) bond motifs is 1. The maximum atomic E-state index is 13.7. The molecule has 1 saturated heterocycles. The standard InChI is InChI=1S/C24H28N4O5S2/c1-13-15(17(29)23(2,3)4)28-20(32)16(33-6)21(28)34-24(13,12-14-10-8-7-9-11-14)35-22-25-18(30)19(31)26-27(22)5/h7-11,16,21H,12H2,1-6H3,(H,26,31)/t16-,21+,24?/m0/s1. The number of aromatic amines is 1. The maximum Gasteiger partial charge on any atom is 0.339 e. The van der Waals surface area contributed by atoms with Crippen LogP contribution in [0.1, 0.15) is 33.3 Å². The number of thioether (sulfide) groups is 2. The second-order valence-electron chi connectivity index (χ2n) is 9.64. The minimum atomic E-state index is -0.885. The quantitative estimate of drug-likeness (QED) is 0.460. The molecule has 1 N–H and O–H groups in total. The van der Waals surface area contributed by atoms with Gasteiger partial charge in [0.2, 0.25) is 0 Å². The number of ketones is 1. The third-order valence-corrected chi connectivity index (χ3v) is 9.50. The molecule has 3 heterocycles. The second-order valence-corrected chi connectivity index (χ2v) is 12.6. The van der Waals surface area contributed by atoms with E-state index in [0.717, 1.165) is 5.56 Å². The molecule has 186 valence electrons. The number of carbonyl (C=O) groups excluding carboxylic acids is 2. The first kappa shape index (κ1) is 25.5. The molecule has 2 aromatic rings. The van der Waals surface area contributed by atoms with E-state index in [1.165, 1.54) is 35.3 Å². The van der Waals surface area contributed by atoms with Crippen molar-refractivity contribution in [1.82, 2.24) is 19.7 Å². The van der Waals surface area contributed by atoms with E-state index in [1.807, 2.05) is 58.0 Å². The van der Waals surface area contributed by atoms with Gasteiger partial charge in [0.15, 0.2) is 17.0 Å². The fourth-order valence-electron chi connectivity index (χ4n) is 4.16. The summed E-state index contributed by atoms with van der Waals surface area (Å²) in [6, 6.07) is 9.79. The lowest BCUT2D eigenvalue weighted by molar-refractivity contribution is -0.160. The van der Waals surface area contributed by atoms with Gasteiger partial charge in [0.1, 0.15) is 5.37 Å². The molecule has 1 aromatic heterocycles. The topological polar surface area (TPSA) is 114 Å². The van der Waals surface area contributed by atoms with Gasteiger partial charge in [-0.2, -0.15) is 4.98 Å². The Bertz CT molecular complexity index is 1330. The largest absolute Gasteiger partial charge is 0.368 e. The fourth-order valence-corrected chi connectivity index (χ4v) is 7.55. The number of allylic oxidation sites excluding steroid dienone is 1. The summed E-state index contributed by atoms with van der Waals surface area (Å²) < 4.78 is 6.09. The van der Waals surface area contributed by atoms with Crippen LogP contribution in [-0.2, 0) is 27.8 Å². The van der Waals surface area contributed by atoms with E-state index in [0.29, 0.717) is 22.8 Å². The molecule has 1 aromatic carbocycles. The molecule has 0 aliphatic carbocycles. The predicted molar refractivity (Wildman–Crippen MR) is 135 cm³/mol. The van der Waals surface area contributed by atoms with Crippen molar-refractivity contribution in [1.29, 1.82) is 0 Å². The highest BCUT2D eigenvalue weighted by atomic mass is 32.2. The zero-order valence-corrected chi connectivity index (χ0v) is 22.1. The van der Waals surface area contributed by atoms with Crippen LogP contribution < -0.4 is 11.1 Å². The van der Waals surface area contributed by atoms with Gasteiger partial charge in [0, 0.05) is 26.0 Å². The Kier molecular flexibility index (Phi) is 6.62. The smallest absolute Gasteiger partial charge is 0.339 e. The maximum absolute atomic E-state index is 13.7. The number of β-lactam (4-membered cyclic amide) rings is 1. The van der Waals surface area contributed by atoms with Crippen LogP contribution in [0.15, 0.2) is 56.3 Å². The predicted octanol–water partition coefficient (Wildman–Crippen LogP) is 2.32. The van der Waals surface area contributed by atoms with Crippen molar-refractivity contribution < 1.29 is 14.3 Å². The van der Waals surface area contributed by atoms with Gasteiger partial charge in [0.25, 0.3) is 5.91 Å². The highest BCUT2D eigenvalue weighted by molar-refractivity contribution is 8.18. The molecule has 3 atom stereocenters. The van der Waals surface area contributed by atoms with Gasteiger partial charge in [-0.1, -0.05) is 62.9 Å². The van der Waals surface area contributed by atoms with Crippen molar-refractivity contribution in [2.45, 2.75) is 54.8 Å². The Labute approximate surface area is 211 Å². The number of nitrogens with zero attached hydrogens (tertiary/aromatic N) is 3. The number of H-pyrrole nitrogens is 1. The molecule has 2 aliphatic heterocycles. The second kappa shape index (κ2) is 9.11. The number of Topliss-reactive ketones (excluding diaryl/α,β-unsaturated/α-hetero) is 1. The lowest BCUT2D eigenvalue weighted by Gasteiger charge is -2.55. The van der Waals surface area contributed by atoms with Crippen molar-refractivity contribution in [2.75, 3.05) is 7.11 Å². The Morgan fingerprint density at radius 2 is 1.89 bits per heavy atom. The van der Waals surface area contributed by atoms with Crippen molar-refractivity contribution in [3.8, 4) is 0 Å². The number of ether oxygens (including phenoxy) is 1. The number of nitrogens with one attached hydrogen (secondary N) is 1. The summed E-state index contributed by atoms with van der Waals surface area (Å²) >= 11 is 2.79. The summed E-state index contributed by atoms with van der Waals surface area (Å²) in [7, 11) is 3.09. The molecular formula is C24H28N4O5S2. The van der Waals surface area contributed by atoms with Gasteiger partial charge in [-0.3, -0.25) is 33.9 Å². The van der Waals surface area contributed by atoms with E-state index in [4.69, 9.17) is 4.74 Å². The highest BCUT2D eigenvalue weighted by Gasteiger charge is 2.60. The van der Waals surface area contributed by atoms with Gasteiger partial charge in [-0.15, -0.1) is 11.8 Å².